The van der Waals surface area contributed by atoms with E-state index in [0.29, 0.717) is 24.7 Å². The van der Waals surface area contributed by atoms with Gasteiger partial charge < -0.3 is 9.80 Å². The van der Waals surface area contributed by atoms with Gasteiger partial charge in [-0.25, -0.2) is 9.97 Å². The Hall–Kier alpha value is -2.28. The summed E-state index contributed by atoms with van der Waals surface area (Å²) in [6.07, 6.45) is 10.6. The molecule has 5 rings (SSSR count). The monoisotopic (exact) mass is 394 g/mol. The molecule has 1 fully saturated rings. The van der Waals surface area contributed by atoms with Crippen molar-refractivity contribution in [2.45, 2.75) is 63.8 Å². The van der Waals surface area contributed by atoms with Crippen LogP contribution in [0.2, 0.25) is 0 Å². The Labute approximate surface area is 171 Å². The number of nitrogens with one attached hydrogen (secondary N) is 1. The number of carbonyl (C=O) groups is 1. The average molecular weight is 395 g/mol. The molecule has 1 saturated heterocycles. The van der Waals surface area contributed by atoms with E-state index < -0.39 is 0 Å². The number of fused-ring (bicyclic) bond motifs is 2. The van der Waals surface area contributed by atoms with Gasteiger partial charge in [0.25, 0.3) is 5.91 Å². The van der Waals surface area contributed by atoms with Crippen molar-refractivity contribution in [2.75, 3.05) is 26.7 Å². The molecular weight excluding hydrogens is 364 g/mol. The van der Waals surface area contributed by atoms with Gasteiger partial charge in [0.2, 0.25) is 0 Å². The zero-order chi connectivity index (χ0) is 19.8. The first-order valence-corrected chi connectivity index (χ1v) is 11.1. The Morgan fingerprint density at radius 3 is 2.93 bits per heavy atom. The standard InChI is InChI=1S/C22H30N6O/c1-27-10-5-6-15(13-27)21-23-12-16-14-28(11-9-18(16)24-21)22(29)20-17-7-3-2-4-8-19(17)25-26-20/h12,15H,2-11,13-14H2,1H3,(H,25,26)/t15-/m1/s1. The highest BCUT2D eigenvalue weighted by Gasteiger charge is 2.29. The van der Waals surface area contributed by atoms with Crippen molar-refractivity contribution in [3.8, 4) is 0 Å². The number of aromatic nitrogens is 4. The summed E-state index contributed by atoms with van der Waals surface area (Å²) in [4.78, 5) is 27.1. The van der Waals surface area contributed by atoms with E-state index in [4.69, 9.17) is 9.97 Å². The lowest BCUT2D eigenvalue weighted by molar-refractivity contribution is 0.0726. The van der Waals surface area contributed by atoms with Crippen molar-refractivity contribution in [3.63, 3.8) is 0 Å². The minimum absolute atomic E-state index is 0.0491. The van der Waals surface area contributed by atoms with Crippen LogP contribution in [0.1, 0.15) is 76.8 Å². The van der Waals surface area contributed by atoms with Crippen LogP contribution in [0.25, 0.3) is 0 Å². The molecule has 1 amide bonds. The van der Waals surface area contributed by atoms with E-state index in [1.54, 1.807) is 0 Å². The molecule has 2 aliphatic heterocycles. The number of aryl methyl sites for hydroxylation is 1. The van der Waals surface area contributed by atoms with Gasteiger partial charge in [-0.1, -0.05) is 6.42 Å². The third kappa shape index (κ3) is 3.68. The first-order valence-electron chi connectivity index (χ1n) is 11.1. The van der Waals surface area contributed by atoms with Gasteiger partial charge in [-0.3, -0.25) is 9.89 Å². The third-order valence-corrected chi connectivity index (χ3v) is 6.74. The van der Waals surface area contributed by atoms with E-state index >= 15 is 0 Å². The van der Waals surface area contributed by atoms with Crippen LogP contribution in [0.5, 0.6) is 0 Å². The van der Waals surface area contributed by atoms with Crippen LogP contribution >= 0.6 is 0 Å². The number of nitrogens with zero attached hydrogens (tertiary/aromatic N) is 5. The van der Waals surface area contributed by atoms with Crippen molar-refractivity contribution >= 4 is 5.91 Å². The van der Waals surface area contributed by atoms with Crippen molar-refractivity contribution in [1.82, 2.24) is 30.0 Å². The highest BCUT2D eigenvalue weighted by Crippen LogP contribution is 2.27. The number of amides is 1. The van der Waals surface area contributed by atoms with Crippen LogP contribution in [0.4, 0.5) is 0 Å². The largest absolute Gasteiger partial charge is 0.332 e. The fourth-order valence-corrected chi connectivity index (χ4v) is 5.06. The molecule has 4 heterocycles. The van der Waals surface area contributed by atoms with Gasteiger partial charge in [0, 0.05) is 55.0 Å². The van der Waals surface area contributed by atoms with Crippen LogP contribution in [0.15, 0.2) is 6.20 Å². The maximum Gasteiger partial charge on any atom is 0.274 e. The maximum atomic E-state index is 13.2. The zero-order valence-electron chi connectivity index (χ0n) is 17.3. The lowest BCUT2D eigenvalue weighted by atomic mass is 9.97. The number of rotatable bonds is 2. The summed E-state index contributed by atoms with van der Waals surface area (Å²) < 4.78 is 0. The summed E-state index contributed by atoms with van der Waals surface area (Å²) in [5.41, 5.74) is 5.14. The second-order valence-electron chi connectivity index (χ2n) is 8.87. The predicted octanol–water partition coefficient (Wildman–Crippen LogP) is 2.48. The number of hydrogen-bond acceptors (Lipinski definition) is 5. The van der Waals surface area contributed by atoms with Crippen LogP contribution in [0.3, 0.4) is 0 Å². The Kier molecular flexibility index (Phi) is 5.08. The summed E-state index contributed by atoms with van der Waals surface area (Å²) in [6, 6.07) is 0. The molecule has 1 atom stereocenters. The summed E-state index contributed by atoms with van der Waals surface area (Å²) in [5.74, 6) is 1.46. The van der Waals surface area contributed by atoms with Gasteiger partial charge >= 0.3 is 0 Å². The third-order valence-electron chi connectivity index (χ3n) is 6.74. The smallest absolute Gasteiger partial charge is 0.274 e. The van der Waals surface area contributed by atoms with Gasteiger partial charge in [-0.2, -0.15) is 5.10 Å². The number of likely N-dealkylation sites (tertiary alicyclic amines) is 1. The average Bonchev–Trinajstić information content (AvgIpc) is 3.00. The van der Waals surface area contributed by atoms with Gasteiger partial charge in [0.15, 0.2) is 5.69 Å². The van der Waals surface area contributed by atoms with E-state index in [0.717, 1.165) is 73.5 Å². The second kappa shape index (κ2) is 7.86. The Morgan fingerprint density at radius 1 is 1.14 bits per heavy atom. The summed E-state index contributed by atoms with van der Waals surface area (Å²) in [6.45, 7) is 3.48. The van der Waals surface area contributed by atoms with Crippen LogP contribution in [-0.2, 0) is 25.8 Å². The number of H-pyrrole nitrogens is 1. The Balaban J connectivity index is 1.32. The summed E-state index contributed by atoms with van der Waals surface area (Å²) in [7, 11) is 2.17. The molecule has 1 aliphatic carbocycles. The molecule has 7 nitrogen and oxygen atoms in total. The highest BCUT2D eigenvalue weighted by molar-refractivity contribution is 5.94. The van der Waals surface area contributed by atoms with E-state index in [-0.39, 0.29) is 5.91 Å². The molecule has 29 heavy (non-hydrogen) atoms. The first kappa shape index (κ1) is 18.7. The van der Waals surface area contributed by atoms with E-state index in [9.17, 15) is 4.79 Å². The molecule has 2 aromatic rings. The van der Waals surface area contributed by atoms with Crippen LogP contribution < -0.4 is 0 Å². The molecule has 2 aromatic heterocycles. The molecule has 7 heteroatoms. The molecule has 0 radical (unpaired) electrons. The quantitative estimate of drug-likeness (QED) is 0.792. The maximum absolute atomic E-state index is 13.2. The SMILES string of the molecule is CN1CCC[C@@H](c2ncc3c(n2)CCN(C(=O)c2n[nH]c4c2CCCCC4)C3)C1. The van der Waals surface area contributed by atoms with E-state index in [1.165, 1.54) is 19.3 Å². The Morgan fingerprint density at radius 2 is 2.03 bits per heavy atom. The molecule has 0 spiro atoms. The number of aromatic amines is 1. The normalized spacial score (nSPS) is 22.7. The van der Waals surface area contributed by atoms with Gasteiger partial charge in [-0.15, -0.1) is 0 Å². The molecule has 0 aromatic carbocycles. The topological polar surface area (TPSA) is 78.0 Å². The zero-order valence-corrected chi connectivity index (χ0v) is 17.3. The second-order valence-corrected chi connectivity index (χ2v) is 8.87. The number of likely N-dealkylation sites (N-methyl/N-ethyl adjacent to an activating group) is 1. The minimum Gasteiger partial charge on any atom is -0.332 e. The van der Waals surface area contributed by atoms with Gasteiger partial charge in [0.05, 0.1) is 5.69 Å². The highest BCUT2D eigenvalue weighted by atomic mass is 16.2. The molecule has 0 saturated carbocycles. The molecule has 0 bridgehead atoms. The van der Waals surface area contributed by atoms with E-state index in [2.05, 4.69) is 22.1 Å². The fraction of sp³-hybridized carbons (Fsp3) is 0.636. The predicted molar refractivity (Wildman–Crippen MR) is 110 cm³/mol. The van der Waals surface area contributed by atoms with Crippen LogP contribution in [0, 0.1) is 0 Å². The molecule has 1 N–H and O–H groups in total. The fourth-order valence-electron chi connectivity index (χ4n) is 5.06. The Bertz CT molecular complexity index is 907. The minimum atomic E-state index is 0.0491. The number of hydrogen-bond donors (Lipinski definition) is 1. The van der Waals surface area contributed by atoms with Crippen molar-refractivity contribution in [3.05, 3.63) is 40.2 Å². The van der Waals surface area contributed by atoms with Crippen molar-refractivity contribution < 1.29 is 4.79 Å². The van der Waals surface area contributed by atoms with Gasteiger partial charge in [0.1, 0.15) is 5.82 Å². The van der Waals surface area contributed by atoms with Crippen LogP contribution in [-0.4, -0.2) is 62.6 Å². The molecule has 3 aliphatic rings. The van der Waals surface area contributed by atoms with Gasteiger partial charge in [-0.05, 0) is 52.1 Å². The number of carbonyl (C=O) groups excluding carboxylic acids is 1. The van der Waals surface area contributed by atoms with Crippen molar-refractivity contribution in [2.24, 2.45) is 0 Å². The lowest BCUT2D eigenvalue weighted by Crippen LogP contribution is -2.37. The molecular formula is C22H30N6O. The number of piperidine rings is 1. The van der Waals surface area contributed by atoms with E-state index in [1.807, 2.05) is 11.1 Å². The lowest BCUT2D eigenvalue weighted by Gasteiger charge is -2.31. The molecule has 0 unspecified atom stereocenters. The summed E-state index contributed by atoms with van der Waals surface area (Å²) in [5, 5.41) is 7.53. The first-order chi connectivity index (χ1) is 14.2. The molecule has 154 valence electrons. The summed E-state index contributed by atoms with van der Waals surface area (Å²) >= 11 is 0. The van der Waals surface area contributed by atoms with Crippen molar-refractivity contribution in [1.29, 1.82) is 0 Å².